The number of nitrogens with zero attached hydrogens (tertiary/aromatic N) is 2. The zero-order valence-electron chi connectivity index (χ0n) is 12.9. The summed E-state index contributed by atoms with van der Waals surface area (Å²) in [5, 5.41) is 9.87. The molecule has 0 aromatic heterocycles. The lowest BCUT2D eigenvalue weighted by Crippen LogP contribution is -2.54. The maximum absolute atomic E-state index is 12.5. The van der Waals surface area contributed by atoms with E-state index < -0.39 is 0 Å². The van der Waals surface area contributed by atoms with Crippen LogP contribution in [0.15, 0.2) is 0 Å². The van der Waals surface area contributed by atoms with Gasteiger partial charge >= 0.3 is 0 Å². The Morgan fingerprint density at radius 2 is 1.95 bits per heavy atom. The number of carbonyl (C=O) groups excluding carboxylic acids is 1. The molecule has 20 heavy (non-hydrogen) atoms. The molecule has 0 bridgehead atoms. The lowest BCUT2D eigenvalue weighted by atomic mass is 9.98. The molecule has 5 nitrogen and oxygen atoms in total. The molecule has 0 aliphatic carbocycles. The molecule has 2 saturated heterocycles. The summed E-state index contributed by atoms with van der Waals surface area (Å²) in [4.78, 5) is 16.5. The van der Waals surface area contributed by atoms with E-state index in [1.165, 1.54) is 0 Å². The van der Waals surface area contributed by atoms with Crippen LogP contribution in [0.5, 0.6) is 0 Å². The first-order valence-electron chi connectivity index (χ1n) is 7.82. The minimum Gasteiger partial charge on any atom is -0.392 e. The van der Waals surface area contributed by atoms with Crippen LogP contribution in [0.2, 0.25) is 0 Å². The first-order chi connectivity index (χ1) is 9.47. The lowest BCUT2D eigenvalue weighted by molar-refractivity contribution is -0.145. The summed E-state index contributed by atoms with van der Waals surface area (Å²) >= 11 is 0. The number of aliphatic hydroxyl groups excluding tert-OH is 1. The number of amides is 1. The Morgan fingerprint density at radius 3 is 2.55 bits per heavy atom. The summed E-state index contributed by atoms with van der Waals surface area (Å²) in [6.07, 6.45) is 3.10. The van der Waals surface area contributed by atoms with Crippen molar-refractivity contribution in [1.29, 1.82) is 0 Å². The van der Waals surface area contributed by atoms with Gasteiger partial charge in [-0.25, -0.2) is 0 Å². The Hall–Kier alpha value is -0.650. The fourth-order valence-electron chi connectivity index (χ4n) is 3.41. The van der Waals surface area contributed by atoms with Gasteiger partial charge in [-0.2, -0.15) is 0 Å². The van der Waals surface area contributed by atoms with Crippen molar-refractivity contribution in [3.63, 3.8) is 0 Å². The van der Waals surface area contributed by atoms with Gasteiger partial charge in [0.1, 0.15) is 0 Å². The van der Waals surface area contributed by atoms with Crippen molar-refractivity contribution in [2.75, 3.05) is 26.2 Å². The molecule has 5 heteroatoms. The molecule has 4 atom stereocenters. The third kappa shape index (κ3) is 3.93. The number of piperidine rings is 1. The van der Waals surface area contributed by atoms with E-state index in [0.29, 0.717) is 19.6 Å². The van der Waals surface area contributed by atoms with Crippen molar-refractivity contribution in [3.05, 3.63) is 0 Å². The second-order valence-corrected chi connectivity index (χ2v) is 6.33. The minimum atomic E-state index is -0.370. The van der Waals surface area contributed by atoms with E-state index in [0.717, 1.165) is 25.8 Å². The number of hydrogen-bond donors (Lipinski definition) is 1. The predicted octanol–water partition coefficient (Wildman–Crippen LogP) is 0.857. The molecule has 4 unspecified atom stereocenters. The second-order valence-electron chi connectivity index (χ2n) is 6.33. The number of likely N-dealkylation sites (tertiary alicyclic amines) is 1. The molecule has 2 rings (SSSR count). The molecule has 2 aliphatic heterocycles. The Labute approximate surface area is 121 Å². The number of morpholine rings is 1. The van der Waals surface area contributed by atoms with Crippen molar-refractivity contribution in [2.45, 2.75) is 64.4 Å². The van der Waals surface area contributed by atoms with Crippen LogP contribution >= 0.6 is 0 Å². The molecule has 0 saturated carbocycles. The fourth-order valence-corrected chi connectivity index (χ4v) is 3.41. The van der Waals surface area contributed by atoms with Gasteiger partial charge < -0.3 is 14.7 Å². The van der Waals surface area contributed by atoms with E-state index in [2.05, 4.69) is 4.90 Å². The van der Waals surface area contributed by atoms with E-state index in [4.69, 9.17) is 4.74 Å². The average Bonchev–Trinajstić information content (AvgIpc) is 2.37. The molecule has 2 heterocycles. The highest BCUT2D eigenvalue weighted by Gasteiger charge is 2.31. The third-order valence-electron chi connectivity index (χ3n) is 4.33. The number of aliphatic hydroxyl groups is 1. The topological polar surface area (TPSA) is 53.0 Å². The minimum absolute atomic E-state index is 0.108. The van der Waals surface area contributed by atoms with Gasteiger partial charge in [0.05, 0.1) is 24.9 Å². The Morgan fingerprint density at radius 1 is 1.30 bits per heavy atom. The summed E-state index contributed by atoms with van der Waals surface area (Å²) in [5.74, 6) is 0.166. The standard InChI is InChI=1S/C15H28N2O3/c1-11-8-17(9-12(2)20-11)15(19)10-16-7-5-4-6-14(16)13(3)18/h11-14,18H,4-10H2,1-3H3. The zero-order valence-corrected chi connectivity index (χ0v) is 12.9. The van der Waals surface area contributed by atoms with Crippen molar-refractivity contribution >= 4 is 5.91 Å². The van der Waals surface area contributed by atoms with Crippen molar-refractivity contribution < 1.29 is 14.6 Å². The molecular formula is C15H28N2O3. The highest BCUT2D eigenvalue weighted by Crippen LogP contribution is 2.20. The average molecular weight is 284 g/mol. The van der Waals surface area contributed by atoms with Crippen LogP contribution in [0.25, 0.3) is 0 Å². The number of ether oxygens (including phenoxy) is 1. The summed E-state index contributed by atoms with van der Waals surface area (Å²) < 4.78 is 5.67. The van der Waals surface area contributed by atoms with Gasteiger partial charge in [0.15, 0.2) is 0 Å². The van der Waals surface area contributed by atoms with Crippen LogP contribution in [0, 0.1) is 0 Å². The van der Waals surface area contributed by atoms with Crippen LogP contribution in [-0.4, -0.2) is 71.3 Å². The molecule has 1 amide bonds. The summed E-state index contributed by atoms with van der Waals surface area (Å²) in [7, 11) is 0. The third-order valence-corrected chi connectivity index (χ3v) is 4.33. The molecule has 116 valence electrons. The summed E-state index contributed by atoms with van der Waals surface area (Å²) in [5.41, 5.74) is 0. The second kappa shape index (κ2) is 6.87. The van der Waals surface area contributed by atoms with Gasteiger partial charge in [-0.05, 0) is 40.2 Å². The maximum atomic E-state index is 12.5. The van der Waals surface area contributed by atoms with Gasteiger partial charge in [-0.3, -0.25) is 9.69 Å². The Bertz CT molecular complexity index is 325. The molecule has 0 aromatic carbocycles. The lowest BCUT2D eigenvalue weighted by Gasteiger charge is -2.40. The summed E-state index contributed by atoms with van der Waals surface area (Å²) in [6.45, 7) is 8.54. The number of rotatable bonds is 3. The predicted molar refractivity (Wildman–Crippen MR) is 77.5 cm³/mol. The molecule has 1 N–H and O–H groups in total. The molecule has 0 radical (unpaired) electrons. The monoisotopic (exact) mass is 284 g/mol. The highest BCUT2D eigenvalue weighted by molar-refractivity contribution is 5.78. The van der Waals surface area contributed by atoms with Crippen molar-refractivity contribution in [2.24, 2.45) is 0 Å². The Balaban J connectivity index is 1.92. The SMILES string of the molecule is CC1CN(C(=O)CN2CCCCC2C(C)O)CC(C)O1. The largest absolute Gasteiger partial charge is 0.392 e. The highest BCUT2D eigenvalue weighted by atomic mass is 16.5. The molecular weight excluding hydrogens is 256 g/mol. The van der Waals surface area contributed by atoms with E-state index in [9.17, 15) is 9.90 Å². The normalized spacial score (nSPS) is 34.0. The van der Waals surface area contributed by atoms with Gasteiger partial charge in [0.25, 0.3) is 0 Å². The first-order valence-corrected chi connectivity index (χ1v) is 7.82. The van der Waals surface area contributed by atoms with Crippen molar-refractivity contribution in [3.8, 4) is 0 Å². The van der Waals surface area contributed by atoms with Gasteiger partial charge in [0.2, 0.25) is 5.91 Å². The first kappa shape index (κ1) is 15.7. The zero-order chi connectivity index (χ0) is 14.7. The van der Waals surface area contributed by atoms with E-state index >= 15 is 0 Å². The molecule has 2 aliphatic rings. The van der Waals surface area contributed by atoms with Crippen LogP contribution < -0.4 is 0 Å². The van der Waals surface area contributed by atoms with E-state index in [1.54, 1.807) is 0 Å². The van der Waals surface area contributed by atoms with Crippen LogP contribution in [0.3, 0.4) is 0 Å². The number of carbonyl (C=O) groups is 1. The van der Waals surface area contributed by atoms with Crippen LogP contribution in [0.1, 0.15) is 40.0 Å². The fraction of sp³-hybridized carbons (Fsp3) is 0.933. The van der Waals surface area contributed by atoms with Gasteiger partial charge in [-0.1, -0.05) is 6.42 Å². The van der Waals surface area contributed by atoms with Gasteiger partial charge in [0, 0.05) is 19.1 Å². The van der Waals surface area contributed by atoms with E-state index in [1.807, 2.05) is 25.7 Å². The number of hydrogen-bond acceptors (Lipinski definition) is 4. The van der Waals surface area contributed by atoms with Gasteiger partial charge in [-0.15, -0.1) is 0 Å². The van der Waals surface area contributed by atoms with Crippen LogP contribution in [0.4, 0.5) is 0 Å². The Kier molecular flexibility index (Phi) is 5.41. The van der Waals surface area contributed by atoms with E-state index in [-0.39, 0.29) is 30.3 Å². The quantitative estimate of drug-likeness (QED) is 0.835. The maximum Gasteiger partial charge on any atom is 0.236 e. The van der Waals surface area contributed by atoms with Crippen molar-refractivity contribution in [1.82, 2.24) is 9.80 Å². The smallest absolute Gasteiger partial charge is 0.236 e. The molecule has 0 aromatic rings. The molecule has 0 spiro atoms. The molecule has 2 fully saturated rings. The van der Waals surface area contributed by atoms with Crippen LogP contribution in [-0.2, 0) is 9.53 Å². The summed E-state index contributed by atoms with van der Waals surface area (Å²) in [6, 6.07) is 0.128.